The molecule has 0 radical (unpaired) electrons. The van der Waals surface area contributed by atoms with Gasteiger partial charge in [0, 0.05) is 18.6 Å². The van der Waals surface area contributed by atoms with E-state index in [1.54, 1.807) is 37.5 Å². The molecule has 0 bridgehead atoms. The van der Waals surface area contributed by atoms with Crippen molar-refractivity contribution in [3.63, 3.8) is 0 Å². The van der Waals surface area contributed by atoms with Gasteiger partial charge < -0.3 is 19.7 Å². The lowest BCUT2D eigenvalue weighted by atomic mass is 10.1. The van der Waals surface area contributed by atoms with Gasteiger partial charge in [0.25, 0.3) is 11.1 Å². The highest BCUT2D eigenvalue weighted by molar-refractivity contribution is 5.93. The van der Waals surface area contributed by atoms with Crippen molar-refractivity contribution >= 4 is 22.3 Å². The number of fused-ring (bicyclic) bond motifs is 1. The van der Waals surface area contributed by atoms with E-state index in [1.165, 1.54) is 22.8 Å². The molecular weight excluding hydrogens is 441 g/mol. The minimum atomic E-state index is -4.85. The van der Waals surface area contributed by atoms with Crippen LogP contribution in [0.2, 0.25) is 0 Å². The Hall–Kier alpha value is -4.12. The van der Waals surface area contributed by atoms with E-state index in [0.717, 1.165) is 16.8 Å². The zero-order valence-electron chi connectivity index (χ0n) is 17.1. The predicted molar refractivity (Wildman–Crippen MR) is 115 cm³/mol. The van der Waals surface area contributed by atoms with Crippen LogP contribution in [0.3, 0.4) is 0 Å². The lowest BCUT2D eigenvalue weighted by Crippen LogP contribution is -2.24. The number of aryl methyl sites for hydroxylation is 1. The molecule has 11 heteroatoms. The fraction of sp³-hybridized carbons (Fsp3) is 0.136. The number of nitrogens with zero attached hydrogens (tertiary/aromatic N) is 3. The van der Waals surface area contributed by atoms with Crippen LogP contribution in [0.4, 0.5) is 24.7 Å². The molecule has 0 aliphatic heterocycles. The number of aromatic nitrogens is 3. The number of alkyl halides is 3. The second-order valence-corrected chi connectivity index (χ2v) is 7.11. The van der Waals surface area contributed by atoms with Crippen molar-refractivity contribution in [3.05, 3.63) is 87.1 Å². The van der Waals surface area contributed by atoms with Crippen molar-refractivity contribution in [2.24, 2.45) is 7.05 Å². The summed E-state index contributed by atoms with van der Waals surface area (Å²) in [5, 5.41) is 17.3. The van der Waals surface area contributed by atoms with Crippen LogP contribution < -0.4 is 21.2 Å². The Morgan fingerprint density at radius 1 is 1.03 bits per heavy atom. The Balaban J connectivity index is 1.88. The zero-order chi connectivity index (χ0) is 23.8. The van der Waals surface area contributed by atoms with Crippen molar-refractivity contribution in [3.8, 4) is 11.4 Å². The second-order valence-electron chi connectivity index (χ2n) is 7.11. The van der Waals surface area contributed by atoms with Crippen molar-refractivity contribution < 1.29 is 23.0 Å². The average molecular weight is 458 g/mol. The molecule has 0 unspecified atom stereocenters. The third-order valence-corrected chi connectivity index (χ3v) is 4.84. The Morgan fingerprint density at radius 2 is 1.76 bits per heavy atom. The van der Waals surface area contributed by atoms with Crippen LogP contribution in [-0.4, -0.2) is 25.8 Å². The Morgan fingerprint density at radius 3 is 2.42 bits per heavy atom. The summed E-state index contributed by atoms with van der Waals surface area (Å²) in [4.78, 5) is 25.6. The first-order valence-corrected chi connectivity index (χ1v) is 9.62. The van der Waals surface area contributed by atoms with Crippen LogP contribution >= 0.6 is 0 Å². The number of halogens is 3. The van der Waals surface area contributed by atoms with Gasteiger partial charge in [0.05, 0.1) is 17.7 Å². The molecule has 8 nitrogen and oxygen atoms in total. The number of nitrogens with one attached hydrogen (secondary N) is 1. The maximum atomic E-state index is 13.2. The summed E-state index contributed by atoms with van der Waals surface area (Å²) >= 11 is 0. The topological polar surface area (TPSA) is 98.4 Å². The van der Waals surface area contributed by atoms with Gasteiger partial charge in [0.1, 0.15) is 11.4 Å². The van der Waals surface area contributed by atoms with Gasteiger partial charge in [-0.25, -0.2) is 0 Å². The number of hydrogen-bond acceptors (Lipinski definition) is 6. The van der Waals surface area contributed by atoms with E-state index in [1.807, 2.05) is 0 Å². The quantitative estimate of drug-likeness (QED) is 0.477. The Bertz CT molecular complexity index is 1440. The van der Waals surface area contributed by atoms with Crippen LogP contribution in [0.5, 0.6) is 5.75 Å². The molecule has 2 aromatic heterocycles. The fourth-order valence-corrected chi connectivity index (χ4v) is 3.26. The molecule has 2 N–H and O–H groups in total. The molecule has 4 aromatic rings. The molecule has 2 heterocycles. The molecule has 2 aromatic carbocycles. The zero-order valence-corrected chi connectivity index (χ0v) is 17.1. The molecule has 4 rings (SSSR count). The number of rotatable bonds is 5. The minimum Gasteiger partial charge on any atom is -0.406 e. The number of hydrogen-bond donors (Lipinski definition) is 2. The van der Waals surface area contributed by atoms with E-state index in [4.69, 9.17) is 0 Å². The third kappa shape index (κ3) is 4.58. The van der Waals surface area contributed by atoms with Gasteiger partial charge in [-0.15, -0.1) is 18.3 Å². The monoisotopic (exact) mass is 458 g/mol. The van der Waals surface area contributed by atoms with Gasteiger partial charge in [-0.3, -0.25) is 9.59 Å². The summed E-state index contributed by atoms with van der Waals surface area (Å²) in [7, 11) is 1.58. The molecule has 0 atom stereocenters. The van der Waals surface area contributed by atoms with Crippen LogP contribution in [0.25, 0.3) is 16.5 Å². The number of pyridine rings is 1. The van der Waals surface area contributed by atoms with Crippen molar-refractivity contribution in [1.29, 1.82) is 0 Å². The molecule has 0 amide bonds. The minimum absolute atomic E-state index is 0.174. The fourth-order valence-electron chi connectivity index (χ4n) is 3.26. The summed E-state index contributed by atoms with van der Waals surface area (Å²) in [6.45, 7) is -0.302. The number of aliphatic hydroxyl groups is 1. The summed E-state index contributed by atoms with van der Waals surface area (Å²) in [6.07, 6.45) is -3.27. The van der Waals surface area contributed by atoms with E-state index in [0.29, 0.717) is 10.9 Å². The summed E-state index contributed by atoms with van der Waals surface area (Å²) in [5.41, 5.74) is -0.0241. The van der Waals surface area contributed by atoms with Gasteiger partial charge in [0.2, 0.25) is 0 Å². The standard InChI is InChI=1S/C22H17F3N4O4/c1-28-10-2-3-18(21(28)32)26-19-16-9-4-13(12-30)11-17(16)20(31)29(27-19)14-5-7-15(8-6-14)33-22(23,24)25/h2-11,30H,12H2,1H3,(H,26,27). The van der Waals surface area contributed by atoms with E-state index in [2.05, 4.69) is 15.2 Å². The van der Waals surface area contributed by atoms with Crippen LogP contribution in [0, 0.1) is 0 Å². The van der Waals surface area contributed by atoms with Gasteiger partial charge in [-0.2, -0.15) is 4.68 Å². The highest BCUT2D eigenvalue weighted by atomic mass is 19.4. The molecule has 0 spiro atoms. The van der Waals surface area contributed by atoms with Gasteiger partial charge in [0.15, 0.2) is 5.82 Å². The van der Waals surface area contributed by atoms with Gasteiger partial charge in [-0.1, -0.05) is 12.1 Å². The van der Waals surface area contributed by atoms with Crippen LogP contribution in [-0.2, 0) is 13.7 Å². The number of aliphatic hydroxyl groups excluding tert-OH is 1. The highest BCUT2D eigenvalue weighted by Gasteiger charge is 2.31. The van der Waals surface area contributed by atoms with E-state index in [-0.39, 0.29) is 34.7 Å². The summed E-state index contributed by atoms with van der Waals surface area (Å²) in [5.74, 6) is -0.276. The molecule has 0 aliphatic carbocycles. The molecule has 0 aliphatic rings. The summed E-state index contributed by atoms with van der Waals surface area (Å²) in [6, 6.07) is 12.5. The average Bonchev–Trinajstić information content (AvgIpc) is 2.78. The van der Waals surface area contributed by atoms with Crippen LogP contribution in [0.15, 0.2) is 70.4 Å². The Labute approximate surface area is 184 Å². The van der Waals surface area contributed by atoms with Crippen molar-refractivity contribution in [1.82, 2.24) is 14.3 Å². The summed E-state index contributed by atoms with van der Waals surface area (Å²) < 4.78 is 43.6. The maximum Gasteiger partial charge on any atom is 0.573 e. The second kappa shape index (κ2) is 8.43. The molecule has 33 heavy (non-hydrogen) atoms. The number of benzene rings is 2. The molecule has 170 valence electrons. The SMILES string of the molecule is Cn1cccc(Nc2nn(-c3ccc(OC(F)(F)F)cc3)c(=O)c3cc(CO)ccc23)c1=O. The molecule has 0 fully saturated rings. The molecule has 0 saturated carbocycles. The highest BCUT2D eigenvalue weighted by Crippen LogP contribution is 2.25. The number of ether oxygens (including phenoxy) is 1. The van der Waals surface area contributed by atoms with E-state index in [9.17, 15) is 27.9 Å². The lowest BCUT2D eigenvalue weighted by molar-refractivity contribution is -0.274. The Kier molecular flexibility index (Phi) is 5.64. The predicted octanol–water partition coefficient (Wildman–Crippen LogP) is 3.22. The van der Waals surface area contributed by atoms with Gasteiger partial charge >= 0.3 is 6.36 Å². The van der Waals surface area contributed by atoms with Crippen molar-refractivity contribution in [2.45, 2.75) is 13.0 Å². The maximum absolute atomic E-state index is 13.2. The third-order valence-electron chi connectivity index (χ3n) is 4.84. The first kappa shape index (κ1) is 22.1. The first-order chi connectivity index (χ1) is 15.7. The van der Waals surface area contributed by atoms with E-state index >= 15 is 0 Å². The first-order valence-electron chi connectivity index (χ1n) is 9.62. The molecular formula is C22H17F3N4O4. The normalized spacial score (nSPS) is 11.5. The smallest absolute Gasteiger partial charge is 0.406 e. The van der Waals surface area contributed by atoms with E-state index < -0.39 is 17.7 Å². The van der Waals surface area contributed by atoms with Crippen LogP contribution in [0.1, 0.15) is 5.56 Å². The largest absolute Gasteiger partial charge is 0.573 e. The van der Waals surface area contributed by atoms with Gasteiger partial charge in [-0.05, 0) is 48.0 Å². The van der Waals surface area contributed by atoms with Crippen molar-refractivity contribution in [2.75, 3.05) is 5.32 Å². The molecule has 0 saturated heterocycles. The number of anilines is 2. The lowest BCUT2D eigenvalue weighted by Gasteiger charge is -2.14.